The molecule has 1 heterocycles. The van der Waals surface area contributed by atoms with Crippen LogP contribution in [-0.4, -0.2) is 17.5 Å². The SMILES string of the molecule is [O-][O+]1CCN(S)[C@H](c2ccccc2)[C@H]1c1ccccc1. The van der Waals surface area contributed by atoms with E-state index in [4.69, 9.17) is 0 Å². The first-order valence-corrected chi connectivity index (χ1v) is 7.10. The van der Waals surface area contributed by atoms with Crippen LogP contribution in [0.3, 0.4) is 0 Å². The zero-order valence-electron chi connectivity index (χ0n) is 11.1. The average molecular weight is 287 g/mol. The first kappa shape index (κ1) is 13.6. The fourth-order valence-electron chi connectivity index (χ4n) is 2.72. The van der Waals surface area contributed by atoms with E-state index < -0.39 is 0 Å². The van der Waals surface area contributed by atoms with Crippen molar-refractivity contribution >= 4 is 12.8 Å². The minimum absolute atomic E-state index is 0.0711. The summed E-state index contributed by atoms with van der Waals surface area (Å²) in [6.45, 7) is 1.02. The topological polar surface area (TPSA) is 29.0 Å². The molecule has 1 aliphatic rings. The predicted molar refractivity (Wildman–Crippen MR) is 80.0 cm³/mol. The van der Waals surface area contributed by atoms with Gasteiger partial charge in [0.15, 0.2) is 6.61 Å². The Morgan fingerprint density at radius 2 is 1.50 bits per heavy atom. The highest BCUT2D eigenvalue weighted by atomic mass is 32.1. The monoisotopic (exact) mass is 287 g/mol. The number of hydrogen-bond acceptors (Lipinski definition) is 3. The number of rotatable bonds is 2. The second-order valence-electron chi connectivity index (χ2n) is 4.93. The van der Waals surface area contributed by atoms with Crippen LogP contribution in [0.5, 0.6) is 0 Å². The summed E-state index contributed by atoms with van der Waals surface area (Å²) < 4.78 is 4.01. The van der Waals surface area contributed by atoms with Gasteiger partial charge in [0.25, 0.3) is 0 Å². The van der Waals surface area contributed by atoms with Gasteiger partial charge in [-0.05, 0) is 5.56 Å². The Morgan fingerprint density at radius 1 is 0.950 bits per heavy atom. The Bertz CT molecular complexity index is 497. The normalized spacial score (nSPS) is 24.7. The van der Waals surface area contributed by atoms with Gasteiger partial charge in [-0.3, -0.25) is 0 Å². The Balaban J connectivity index is 2.02. The van der Waals surface area contributed by atoms with Gasteiger partial charge in [-0.25, -0.2) is 4.31 Å². The van der Waals surface area contributed by atoms with E-state index in [0.717, 1.165) is 11.1 Å². The molecule has 0 unspecified atom stereocenters. The lowest BCUT2D eigenvalue weighted by Crippen LogP contribution is -2.46. The van der Waals surface area contributed by atoms with Crippen LogP contribution in [0, 0.1) is 0 Å². The molecule has 3 rings (SSSR count). The van der Waals surface area contributed by atoms with E-state index in [1.165, 1.54) is 0 Å². The highest BCUT2D eigenvalue weighted by molar-refractivity contribution is 7.77. The minimum atomic E-state index is -0.301. The Labute approximate surface area is 124 Å². The van der Waals surface area contributed by atoms with Crippen LogP contribution in [0.2, 0.25) is 0 Å². The van der Waals surface area contributed by atoms with Crippen LogP contribution in [0.15, 0.2) is 60.7 Å². The maximum absolute atomic E-state index is 12.3. The molecule has 0 aromatic heterocycles. The molecule has 1 saturated heterocycles. The zero-order valence-corrected chi connectivity index (χ0v) is 11.9. The number of nitrogens with zero attached hydrogens (tertiary/aromatic N) is 1. The van der Waals surface area contributed by atoms with Gasteiger partial charge >= 0.3 is 0 Å². The van der Waals surface area contributed by atoms with E-state index in [1.807, 2.05) is 65.0 Å². The first-order valence-electron chi connectivity index (χ1n) is 6.70. The standard InChI is InChI=1S/C16H17NO2S/c18-19-12-11-17(20)15(13-7-3-1-4-8-13)16(19)14-9-5-2-6-10-14/h1-10,15-16,20H,11-12H2/t15-,16-/m1/s1. The molecular weight excluding hydrogens is 270 g/mol. The van der Waals surface area contributed by atoms with E-state index in [2.05, 4.69) is 17.3 Å². The van der Waals surface area contributed by atoms with E-state index in [1.54, 1.807) is 0 Å². The van der Waals surface area contributed by atoms with Crippen molar-refractivity contribution in [1.82, 2.24) is 4.31 Å². The lowest BCUT2D eigenvalue weighted by molar-refractivity contribution is -0.816. The van der Waals surface area contributed by atoms with Gasteiger partial charge in [-0.1, -0.05) is 73.5 Å². The van der Waals surface area contributed by atoms with E-state index >= 15 is 0 Å². The van der Waals surface area contributed by atoms with Crippen molar-refractivity contribution in [1.29, 1.82) is 0 Å². The molecule has 1 aliphatic heterocycles. The van der Waals surface area contributed by atoms with Crippen molar-refractivity contribution < 1.29 is 9.78 Å². The molecule has 0 saturated carbocycles. The van der Waals surface area contributed by atoms with Crippen LogP contribution in [0.1, 0.15) is 23.3 Å². The molecule has 3 nitrogen and oxygen atoms in total. The van der Waals surface area contributed by atoms with E-state index in [0.29, 0.717) is 13.2 Å². The summed E-state index contributed by atoms with van der Waals surface area (Å²) in [5, 5.41) is 12.3. The van der Waals surface area contributed by atoms with Crippen molar-refractivity contribution in [3.8, 4) is 0 Å². The lowest BCUT2D eigenvalue weighted by Gasteiger charge is -2.43. The first-order chi connectivity index (χ1) is 9.77. The van der Waals surface area contributed by atoms with Gasteiger partial charge in [0.2, 0.25) is 6.10 Å². The Hall–Kier alpha value is -1.33. The van der Waals surface area contributed by atoms with Crippen molar-refractivity contribution in [3.63, 3.8) is 0 Å². The van der Waals surface area contributed by atoms with Gasteiger partial charge < -0.3 is 9.78 Å². The second-order valence-corrected chi connectivity index (χ2v) is 5.45. The van der Waals surface area contributed by atoms with Crippen molar-refractivity contribution in [3.05, 3.63) is 71.8 Å². The third kappa shape index (κ3) is 2.60. The van der Waals surface area contributed by atoms with Crippen molar-refractivity contribution in [2.45, 2.75) is 12.1 Å². The molecule has 2 aromatic rings. The molecular formula is C16H17NO2S. The average Bonchev–Trinajstić information content (AvgIpc) is 2.51. The fraction of sp³-hybridized carbons (Fsp3) is 0.250. The summed E-state index contributed by atoms with van der Waals surface area (Å²) in [5.74, 6) is 0. The molecule has 2 aromatic carbocycles. The smallest absolute Gasteiger partial charge is 0.208 e. The summed E-state index contributed by atoms with van der Waals surface area (Å²) in [6.07, 6.45) is -0.301. The maximum atomic E-state index is 12.3. The van der Waals surface area contributed by atoms with Gasteiger partial charge in [-0.2, -0.15) is 0 Å². The summed E-state index contributed by atoms with van der Waals surface area (Å²) in [6, 6.07) is 19.9. The van der Waals surface area contributed by atoms with Crippen LogP contribution in [0.25, 0.3) is 0 Å². The minimum Gasteiger partial charge on any atom is -0.534 e. The quantitative estimate of drug-likeness (QED) is 0.522. The highest BCUT2D eigenvalue weighted by Crippen LogP contribution is 2.42. The molecule has 2 atom stereocenters. The van der Waals surface area contributed by atoms with Gasteiger partial charge in [0.1, 0.15) is 6.04 Å². The maximum Gasteiger partial charge on any atom is 0.208 e. The van der Waals surface area contributed by atoms with Gasteiger partial charge in [-0.15, -0.1) is 0 Å². The van der Waals surface area contributed by atoms with Crippen molar-refractivity contribution in [2.75, 3.05) is 13.2 Å². The molecule has 0 aliphatic carbocycles. The number of benzene rings is 2. The van der Waals surface area contributed by atoms with Gasteiger partial charge in [0, 0.05) is 5.56 Å². The number of morpholine rings is 1. The van der Waals surface area contributed by atoms with Crippen LogP contribution in [0.4, 0.5) is 0 Å². The molecule has 104 valence electrons. The van der Waals surface area contributed by atoms with Crippen molar-refractivity contribution in [2.24, 2.45) is 0 Å². The molecule has 0 amide bonds. The molecule has 20 heavy (non-hydrogen) atoms. The molecule has 0 bridgehead atoms. The summed E-state index contributed by atoms with van der Waals surface area (Å²) in [5.41, 5.74) is 2.10. The van der Waals surface area contributed by atoms with E-state index in [9.17, 15) is 5.26 Å². The largest absolute Gasteiger partial charge is 0.534 e. The summed E-state index contributed by atoms with van der Waals surface area (Å²) >= 11 is 4.57. The highest BCUT2D eigenvalue weighted by Gasteiger charge is 2.40. The number of hydrogen-bond donors (Lipinski definition) is 1. The molecule has 0 radical (unpaired) electrons. The Kier molecular flexibility index (Phi) is 4.08. The van der Waals surface area contributed by atoms with Crippen LogP contribution < -0.4 is 5.26 Å². The lowest BCUT2D eigenvalue weighted by atomic mass is 9.94. The van der Waals surface area contributed by atoms with Crippen LogP contribution >= 0.6 is 12.8 Å². The van der Waals surface area contributed by atoms with Gasteiger partial charge in [0.05, 0.1) is 6.54 Å². The summed E-state index contributed by atoms with van der Waals surface area (Å²) in [7, 11) is 0. The third-order valence-electron chi connectivity index (χ3n) is 3.68. The predicted octanol–water partition coefficient (Wildman–Crippen LogP) is 2.46. The third-order valence-corrected chi connectivity index (χ3v) is 4.13. The molecule has 4 heteroatoms. The van der Waals surface area contributed by atoms with Crippen LogP contribution in [-0.2, 0) is 4.52 Å². The molecule has 1 fully saturated rings. The fourth-order valence-corrected chi connectivity index (χ4v) is 3.06. The molecule has 0 spiro atoms. The van der Waals surface area contributed by atoms with E-state index in [-0.39, 0.29) is 12.1 Å². The number of thiol groups is 1. The zero-order chi connectivity index (χ0) is 13.9. The summed E-state index contributed by atoms with van der Waals surface area (Å²) in [4.78, 5) is 0. The molecule has 0 N–H and O–H groups in total. The Morgan fingerprint density at radius 3 is 2.10 bits per heavy atom. The second kappa shape index (κ2) is 5.97.